The molecule has 2 unspecified atom stereocenters. The molecule has 0 amide bonds. The number of hydrogen-bond acceptors (Lipinski definition) is 4. The topological polar surface area (TPSA) is 46.2 Å². The zero-order valence-corrected chi connectivity index (χ0v) is 13.1. The molecule has 0 aliphatic heterocycles. The van der Waals surface area contributed by atoms with Gasteiger partial charge < -0.3 is 5.32 Å². The molecule has 0 bridgehead atoms. The van der Waals surface area contributed by atoms with Crippen molar-refractivity contribution in [3.8, 4) is 0 Å². The summed E-state index contributed by atoms with van der Waals surface area (Å²) in [7, 11) is -2.97. The second-order valence-corrected chi connectivity index (χ2v) is 8.55. The summed E-state index contributed by atoms with van der Waals surface area (Å²) < 4.78 is 23.6. The molecule has 1 saturated carbocycles. The first-order valence-corrected chi connectivity index (χ1v) is 9.63. The molecule has 2 rings (SSSR count). The average Bonchev–Trinajstić information content (AvgIpc) is 2.80. The lowest BCUT2D eigenvalue weighted by Crippen LogP contribution is -2.34. The fraction of sp³-hybridized carbons (Fsp3) is 0.571. The van der Waals surface area contributed by atoms with Crippen LogP contribution in [-0.2, 0) is 9.84 Å². The van der Waals surface area contributed by atoms with Crippen molar-refractivity contribution < 1.29 is 8.42 Å². The van der Waals surface area contributed by atoms with E-state index in [1.807, 2.05) is 18.2 Å². The number of thioether (sulfide) groups is 1. The van der Waals surface area contributed by atoms with Crippen molar-refractivity contribution in [1.82, 2.24) is 0 Å². The third-order valence-electron chi connectivity index (χ3n) is 3.53. The summed E-state index contributed by atoms with van der Waals surface area (Å²) in [6, 6.07) is 8.18. The van der Waals surface area contributed by atoms with E-state index in [2.05, 4.69) is 18.3 Å². The van der Waals surface area contributed by atoms with Crippen LogP contribution in [0.15, 0.2) is 29.2 Å². The van der Waals surface area contributed by atoms with Gasteiger partial charge >= 0.3 is 0 Å². The summed E-state index contributed by atoms with van der Waals surface area (Å²) in [6.45, 7) is 2.12. The first kappa shape index (κ1) is 14.7. The smallest absolute Gasteiger partial charge is 0.152 e. The maximum absolute atomic E-state index is 11.8. The van der Waals surface area contributed by atoms with Gasteiger partial charge in [-0.15, -0.1) is 11.8 Å². The normalized spacial score (nSPS) is 23.5. The highest BCUT2D eigenvalue weighted by molar-refractivity contribution is 7.99. The predicted molar refractivity (Wildman–Crippen MR) is 82.7 cm³/mol. The van der Waals surface area contributed by atoms with Crippen LogP contribution in [-0.4, -0.2) is 31.7 Å². The SMILES string of the molecule is CCSc1ccccc1NC1CCCC1S(C)(=O)=O. The number of rotatable bonds is 5. The summed E-state index contributed by atoms with van der Waals surface area (Å²) in [5.41, 5.74) is 1.06. The molecule has 0 aromatic heterocycles. The molecule has 0 radical (unpaired) electrons. The van der Waals surface area contributed by atoms with Crippen LogP contribution in [0.5, 0.6) is 0 Å². The Kier molecular flexibility index (Phi) is 4.79. The lowest BCUT2D eigenvalue weighted by atomic mass is 10.2. The van der Waals surface area contributed by atoms with Crippen molar-refractivity contribution in [3.05, 3.63) is 24.3 Å². The van der Waals surface area contributed by atoms with Gasteiger partial charge in [0.1, 0.15) is 0 Å². The number of anilines is 1. The van der Waals surface area contributed by atoms with Crippen molar-refractivity contribution in [2.24, 2.45) is 0 Å². The van der Waals surface area contributed by atoms with Gasteiger partial charge in [-0.05, 0) is 37.1 Å². The quantitative estimate of drug-likeness (QED) is 0.848. The van der Waals surface area contributed by atoms with E-state index < -0.39 is 9.84 Å². The van der Waals surface area contributed by atoms with Crippen molar-refractivity contribution in [1.29, 1.82) is 0 Å². The van der Waals surface area contributed by atoms with Crippen LogP contribution in [0.3, 0.4) is 0 Å². The highest BCUT2D eigenvalue weighted by Gasteiger charge is 2.34. The average molecular weight is 299 g/mol. The molecule has 1 fully saturated rings. The van der Waals surface area contributed by atoms with Crippen LogP contribution < -0.4 is 5.32 Å². The summed E-state index contributed by atoms with van der Waals surface area (Å²) in [4.78, 5) is 1.20. The van der Waals surface area contributed by atoms with E-state index in [1.54, 1.807) is 11.8 Å². The largest absolute Gasteiger partial charge is 0.380 e. The van der Waals surface area contributed by atoms with Gasteiger partial charge in [0.25, 0.3) is 0 Å². The Labute approximate surface area is 120 Å². The van der Waals surface area contributed by atoms with E-state index in [9.17, 15) is 8.42 Å². The molecule has 19 heavy (non-hydrogen) atoms. The van der Waals surface area contributed by atoms with E-state index >= 15 is 0 Å². The lowest BCUT2D eigenvalue weighted by molar-refractivity contribution is 0.579. The summed E-state index contributed by atoms with van der Waals surface area (Å²) >= 11 is 1.78. The maximum atomic E-state index is 11.8. The molecular formula is C14H21NO2S2. The van der Waals surface area contributed by atoms with Crippen molar-refractivity contribution in [3.63, 3.8) is 0 Å². The molecule has 1 aromatic rings. The van der Waals surface area contributed by atoms with Gasteiger partial charge in [-0.3, -0.25) is 0 Å². The molecule has 0 spiro atoms. The molecule has 2 atom stereocenters. The van der Waals surface area contributed by atoms with Crippen LogP contribution in [0.4, 0.5) is 5.69 Å². The maximum Gasteiger partial charge on any atom is 0.152 e. The Morgan fingerprint density at radius 1 is 1.32 bits per heavy atom. The third-order valence-corrected chi connectivity index (χ3v) is 6.15. The van der Waals surface area contributed by atoms with Crippen LogP contribution in [0.1, 0.15) is 26.2 Å². The Bertz CT molecular complexity index is 528. The van der Waals surface area contributed by atoms with Gasteiger partial charge in [0.15, 0.2) is 9.84 Å². The van der Waals surface area contributed by atoms with E-state index in [1.165, 1.54) is 11.2 Å². The zero-order valence-electron chi connectivity index (χ0n) is 11.4. The predicted octanol–water partition coefficient (Wildman–Crippen LogP) is 3.18. The molecule has 5 heteroatoms. The number of nitrogens with one attached hydrogen (secondary N) is 1. The highest BCUT2D eigenvalue weighted by atomic mass is 32.2. The van der Waals surface area contributed by atoms with Crippen LogP contribution in [0.2, 0.25) is 0 Å². The highest BCUT2D eigenvalue weighted by Crippen LogP contribution is 2.32. The van der Waals surface area contributed by atoms with Crippen molar-refractivity contribution in [2.45, 2.75) is 42.4 Å². The molecular weight excluding hydrogens is 278 g/mol. The lowest BCUT2D eigenvalue weighted by Gasteiger charge is -2.22. The first-order chi connectivity index (χ1) is 9.02. The van der Waals surface area contributed by atoms with Crippen LogP contribution in [0, 0.1) is 0 Å². The van der Waals surface area contributed by atoms with E-state index in [0.29, 0.717) is 0 Å². The van der Waals surface area contributed by atoms with E-state index in [4.69, 9.17) is 0 Å². The summed E-state index contributed by atoms with van der Waals surface area (Å²) in [6.07, 6.45) is 4.05. The van der Waals surface area contributed by atoms with Gasteiger partial charge in [0, 0.05) is 22.9 Å². The monoisotopic (exact) mass is 299 g/mol. The Morgan fingerprint density at radius 2 is 2.05 bits per heavy atom. The molecule has 106 valence electrons. The number of hydrogen-bond donors (Lipinski definition) is 1. The second kappa shape index (κ2) is 6.18. The van der Waals surface area contributed by atoms with Gasteiger partial charge in [-0.25, -0.2) is 8.42 Å². The van der Waals surface area contributed by atoms with Gasteiger partial charge in [-0.1, -0.05) is 19.1 Å². The summed E-state index contributed by atoms with van der Waals surface area (Å²) in [5.74, 6) is 1.01. The van der Waals surface area contributed by atoms with Crippen LogP contribution in [0.25, 0.3) is 0 Å². The third kappa shape index (κ3) is 3.66. The van der Waals surface area contributed by atoms with Gasteiger partial charge in [-0.2, -0.15) is 0 Å². The van der Waals surface area contributed by atoms with Crippen molar-refractivity contribution in [2.75, 3.05) is 17.3 Å². The Hall–Kier alpha value is -0.680. The molecule has 1 aliphatic rings. The fourth-order valence-electron chi connectivity index (χ4n) is 2.67. The fourth-order valence-corrected chi connectivity index (χ4v) is 4.83. The molecule has 3 nitrogen and oxygen atoms in total. The minimum Gasteiger partial charge on any atom is -0.380 e. The summed E-state index contributed by atoms with van der Waals surface area (Å²) in [5, 5.41) is 3.21. The first-order valence-electron chi connectivity index (χ1n) is 6.69. The zero-order chi connectivity index (χ0) is 13.9. The number of benzene rings is 1. The molecule has 0 saturated heterocycles. The molecule has 1 N–H and O–H groups in total. The van der Waals surface area contributed by atoms with Gasteiger partial charge in [0.05, 0.1) is 5.25 Å². The minimum absolute atomic E-state index is 0.0496. The van der Waals surface area contributed by atoms with E-state index in [-0.39, 0.29) is 11.3 Å². The standard InChI is InChI=1S/C14H21NO2S2/c1-3-18-13-9-5-4-7-11(13)15-12-8-6-10-14(12)19(2,16)17/h4-5,7,9,12,14-15H,3,6,8,10H2,1-2H3. The second-order valence-electron chi connectivity index (χ2n) is 4.98. The number of sulfone groups is 1. The molecule has 1 aliphatic carbocycles. The Balaban J connectivity index is 2.17. The number of para-hydroxylation sites is 1. The van der Waals surface area contributed by atoms with E-state index in [0.717, 1.165) is 30.7 Å². The van der Waals surface area contributed by atoms with Crippen molar-refractivity contribution >= 4 is 27.3 Å². The Morgan fingerprint density at radius 3 is 2.74 bits per heavy atom. The van der Waals surface area contributed by atoms with Crippen LogP contribution >= 0.6 is 11.8 Å². The molecule has 1 aromatic carbocycles. The minimum atomic E-state index is -2.97. The van der Waals surface area contributed by atoms with Gasteiger partial charge in [0.2, 0.25) is 0 Å². The molecule has 0 heterocycles.